The molecule has 114 valence electrons. The highest BCUT2D eigenvalue weighted by Gasteiger charge is 2.28. The Kier molecular flexibility index (Phi) is 4.24. The molecule has 0 unspecified atom stereocenters. The van der Waals surface area contributed by atoms with E-state index in [9.17, 15) is 4.79 Å². The molecule has 2 heterocycles. The quantitative estimate of drug-likeness (QED) is 0.925. The second-order valence-electron chi connectivity index (χ2n) is 6.63. The van der Waals surface area contributed by atoms with E-state index in [1.165, 1.54) is 12.8 Å². The molecule has 1 aromatic rings. The van der Waals surface area contributed by atoms with Crippen LogP contribution in [0.2, 0.25) is 0 Å². The van der Waals surface area contributed by atoms with Crippen LogP contribution in [0.25, 0.3) is 0 Å². The van der Waals surface area contributed by atoms with E-state index < -0.39 is 0 Å². The number of pyridine rings is 1. The van der Waals surface area contributed by atoms with Gasteiger partial charge in [-0.3, -0.25) is 9.78 Å². The Labute approximate surface area is 126 Å². The molecule has 1 saturated heterocycles. The Balaban J connectivity index is 1.55. The number of likely N-dealkylation sites (tertiary alicyclic amines) is 1. The summed E-state index contributed by atoms with van der Waals surface area (Å²) in [6.07, 6.45) is 6.52. The van der Waals surface area contributed by atoms with Crippen LogP contribution in [0.15, 0.2) is 18.3 Å². The normalized spacial score (nSPS) is 20.0. The van der Waals surface area contributed by atoms with Crippen molar-refractivity contribution in [2.24, 2.45) is 0 Å². The standard InChI is InChI=1S/C17H25N3O/c1-12(2)16-6-3-13(11-18-16)17(21)20-9-7-15(8-10-20)19-14-4-5-14/h3,6,11-12,14-15,19H,4-5,7-10H2,1-2H3. The van der Waals surface area contributed by atoms with Crippen molar-refractivity contribution in [3.05, 3.63) is 29.6 Å². The molecule has 1 aliphatic heterocycles. The van der Waals surface area contributed by atoms with E-state index in [0.29, 0.717) is 17.5 Å². The number of aromatic nitrogens is 1. The first-order chi connectivity index (χ1) is 10.1. The SMILES string of the molecule is CC(C)c1ccc(C(=O)N2CCC(NC3CC3)CC2)cn1. The smallest absolute Gasteiger partial charge is 0.255 e. The summed E-state index contributed by atoms with van der Waals surface area (Å²) in [6.45, 7) is 5.94. The summed E-state index contributed by atoms with van der Waals surface area (Å²) in [4.78, 5) is 18.9. The minimum atomic E-state index is 0.127. The van der Waals surface area contributed by atoms with Crippen LogP contribution in [0.3, 0.4) is 0 Å². The second kappa shape index (κ2) is 6.14. The fourth-order valence-electron chi connectivity index (χ4n) is 2.89. The first-order valence-corrected chi connectivity index (χ1v) is 8.15. The Morgan fingerprint density at radius 3 is 2.38 bits per heavy atom. The number of nitrogens with zero attached hydrogens (tertiary/aromatic N) is 2. The average Bonchev–Trinajstić information content (AvgIpc) is 3.31. The zero-order chi connectivity index (χ0) is 14.8. The van der Waals surface area contributed by atoms with E-state index in [2.05, 4.69) is 24.1 Å². The van der Waals surface area contributed by atoms with Crippen molar-refractivity contribution in [2.45, 2.75) is 57.5 Å². The Hall–Kier alpha value is -1.42. The number of rotatable bonds is 4. The second-order valence-corrected chi connectivity index (χ2v) is 6.63. The van der Waals surface area contributed by atoms with E-state index in [1.54, 1.807) is 6.20 Å². The lowest BCUT2D eigenvalue weighted by Crippen LogP contribution is -2.45. The van der Waals surface area contributed by atoms with Gasteiger partial charge in [0.25, 0.3) is 5.91 Å². The minimum absolute atomic E-state index is 0.127. The highest BCUT2D eigenvalue weighted by molar-refractivity contribution is 5.94. The Morgan fingerprint density at radius 1 is 1.19 bits per heavy atom. The molecule has 2 fully saturated rings. The van der Waals surface area contributed by atoms with E-state index in [0.717, 1.165) is 37.7 Å². The lowest BCUT2D eigenvalue weighted by molar-refractivity contribution is 0.0704. The van der Waals surface area contributed by atoms with E-state index in [4.69, 9.17) is 0 Å². The van der Waals surface area contributed by atoms with Crippen LogP contribution >= 0.6 is 0 Å². The van der Waals surface area contributed by atoms with Gasteiger partial charge in [0.05, 0.1) is 5.56 Å². The predicted octanol–water partition coefficient (Wildman–Crippen LogP) is 2.56. The van der Waals surface area contributed by atoms with Gasteiger partial charge in [-0.25, -0.2) is 0 Å². The molecular weight excluding hydrogens is 262 g/mol. The van der Waals surface area contributed by atoms with Crippen LogP contribution in [0.4, 0.5) is 0 Å². The molecule has 1 N–H and O–H groups in total. The van der Waals surface area contributed by atoms with Gasteiger partial charge in [0.1, 0.15) is 0 Å². The molecule has 1 amide bonds. The third-order valence-electron chi connectivity index (χ3n) is 4.46. The van der Waals surface area contributed by atoms with Crippen LogP contribution in [-0.2, 0) is 0 Å². The lowest BCUT2D eigenvalue weighted by Gasteiger charge is -2.32. The van der Waals surface area contributed by atoms with Crippen LogP contribution in [0.5, 0.6) is 0 Å². The number of amides is 1. The summed E-state index contributed by atoms with van der Waals surface area (Å²) < 4.78 is 0. The molecule has 0 aromatic carbocycles. The minimum Gasteiger partial charge on any atom is -0.338 e. The van der Waals surface area contributed by atoms with Crippen LogP contribution in [-0.4, -0.2) is 41.0 Å². The molecule has 0 spiro atoms. The maximum atomic E-state index is 12.5. The fraction of sp³-hybridized carbons (Fsp3) is 0.647. The van der Waals surface area contributed by atoms with Gasteiger partial charge in [-0.15, -0.1) is 0 Å². The maximum absolute atomic E-state index is 12.5. The van der Waals surface area contributed by atoms with E-state index >= 15 is 0 Å². The van der Waals surface area contributed by atoms with Crippen molar-refractivity contribution in [3.63, 3.8) is 0 Å². The van der Waals surface area contributed by atoms with E-state index in [1.807, 2.05) is 17.0 Å². The summed E-state index contributed by atoms with van der Waals surface area (Å²) in [6, 6.07) is 5.24. The number of carbonyl (C=O) groups is 1. The summed E-state index contributed by atoms with van der Waals surface area (Å²) in [5.74, 6) is 0.529. The van der Waals surface area contributed by atoms with Crippen molar-refractivity contribution in [2.75, 3.05) is 13.1 Å². The largest absolute Gasteiger partial charge is 0.338 e. The molecule has 1 saturated carbocycles. The zero-order valence-electron chi connectivity index (χ0n) is 13.0. The number of carbonyl (C=O) groups excluding carboxylic acids is 1. The van der Waals surface area contributed by atoms with Crippen LogP contribution in [0.1, 0.15) is 61.5 Å². The molecule has 0 radical (unpaired) electrons. The monoisotopic (exact) mass is 287 g/mol. The Morgan fingerprint density at radius 2 is 1.86 bits per heavy atom. The van der Waals surface area contributed by atoms with Crippen molar-refractivity contribution in [1.29, 1.82) is 0 Å². The van der Waals surface area contributed by atoms with Gasteiger partial charge < -0.3 is 10.2 Å². The van der Waals surface area contributed by atoms with Gasteiger partial charge in [-0.05, 0) is 43.7 Å². The van der Waals surface area contributed by atoms with Gasteiger partial charge in [0.15, 0.2) is 0 Å². The number of piperidine rings is 1. The zero-order valence-corrected chi connectivity index (χ0v) is 13.0. The summed E-state index contributed by atoms with van der Waals surface area (Å²) in [7, 11) is 0. The van der Waals surface area contributed by atoms with Gasteiger partial charge in [-0.1, -0.05) is 13.8 Å². The third-order valence-corrected chi connectivity index (χ3v) is 4.46. The molecule has 0 atom stereocenters. The van der Waals surface area contributed by atoms with Crippen molar-refractivity contribution in [3.8, 4) is 0 Å². The molecule has 2 aliphatic rings. The Bertz CT molecular complexity index is 485. The van der Waals surface area contributed by atoms with Crippen LogP contribution < -0.4 is 5.32 Å². The lowest BCUT2D eigenvalue weighted by atomic mass is 10.0. The average molecular weight is 287 g/mol. The summed E-state index contributed by atoms with van der Waals surface area (Å²) in [5.41, 5.74) is 1.76. The van der Waals surface area contributed by atoms with Gasteiger partial charge in [0, 0.05) is 37.1 Å². The maximum Gasteiger partial charge on any atom is 0.255 e. The molecule has 4 heteroatoms. The van der Waals surface area contributed by atoms with E-state index in [-0.39, 0.29) is 5.91 Å². The number of nitrogens with one attached hydrogen (secondary N) is 1. The molecule has 0 bridgehead atoms. The van der Waals surface area contributed by atoms with Crippen molar-refractivity contribution >= 4 is 5.91 Å². The molecule has 4 nitrogen and oxygen atoms in total. The van der Waals surface area contributed by atoms with Gasteiger partial charge >= 0.3 is 0 Å². The highest BCUT2D eigenvalue weighted by Crippen LogP contribution is 2.22. The van der Waals surface area contributed by atoms with Gasteiger partial charge in [-0.2, -0.15) is 0 Å². The molecule has 21 heavy (non-hydrogen) atoms. The predicted molar refractivity (Wildman–Crippen MR) is 83.4 cm³/mol. The third kappa shape index (κ3) is 3.62. The van der Waals surface area contributed by atoms with Crippen LogP contribution in [0, 0.1) is 0 Å². The topological polar surface area (TPSA) is 45.2 Å². The number of hydrogen-bond donors (Lipinski definition) is 1. The highest BCUT2D eigenvalue weighted by atomic mass is 16.2. The first kappa shape index (κ1) is 14.5. The molecular formula is C17H25N3O. The molecule has 1 aliphatic carbocycles. The summed E-state index contributed by atoms with van der Waals surface area (Å²) >= 11 is 0. The summed E-state index contributed by atoms with van der Waals surface area (Å²) in [5, 5.41) is 3.66. The molecule has 3 rings (SSSR count). The van der Waals surface area contributed by atoms with Gasteiger partial charge in [0.2, 0.25) is 0 Å². The van der Waals surface area contributed by atoms with Crippen molar-refractivity contribution in [1.82, 2.24) is 15.2 Å². The number of hydrogen-bond acceptors (Lipinski definition) is 3. The fourth-order valence-corrected chi connectivity index (χ4v) is 2.89. The molecule has 1 aromatic heterocycles. The first-order valence-electron chi connectivity index (χ1n) is 8.15. The van der Waals surface area contributed by atoms with Crippen molar-refractivity contribution < 1.29 is 4.79 Å².